The lowest BCUT2D eigenvalue weighted by atomic mass is 9.99. The van der Waals surface area contributed by atoms with Gasteiger partial charge in [-0.05, 0) is 6.92 Å². The van der Waals surface area contributed by atoms with E-state index in [4.69, 9.17) is 24.4 Å². The van der Waals surface area contributed by atoms with E-state index in [0.29, 0.717) is 0 Å². The van der Waals surface area contributed by atoms with Crippen LogP contribution in [0.2, 0.25) is 0 Å². The summed E-state index contributed by atoms with van der Waals surface area (Å²) in [6.45, 7) is -0.639. The highest BCUT2D eigenvalue weighted by atomic mass is 16.7. The number of hydrogen-bond acceptors (Lipinski definition) is 12. The quantitative estimate of drug-likeness (QED) is 0.133. The highest BCUT2D eigenvalue weighted by molar-refractivity contribution is 5.37. The fourth-order valence-corrected chi connectivity index (χ4v) is 2.32. The fraction of sp³-hybridized carbons (Fsp3) is 0.929. The molecule has 4 unspecified atom stereocenters. The molecule has 1 aliphatic heterocycles. The molecule has 1 rings (SSSR count). The Kier molecular flexibility index (Phi) is 9.81. The van der Waals surface area contributed by atoms with Crippen molar-refractivity contribution in [1.82, 2.24) is 0 Å². The van der Waals surface area contributed by atoms with Crippen molar-refractivity contribution in [1.29, 1.82) is 0 Å². The second-order valence-corrected chi connectivity index (χ2v) is 5.74. The second-order valence-electron chi connectivity index (χ2n) is 5.74. The van der Waals surface area contributed by atoms with E-state index in [1.807, 2.05) is 0 Å². The van der Waals surface area contributed by atoms with Gasteiger partial charge in [-0.15, -0.1) is 0 Å². The molecular formula is C14H26O12. The molecule has 1 saturated heterocycles. The average Bonchev–Trinajstić information content (AvgIpc) is 2.63. The van der Waals surface area contributed by atoms with Crippen LogP contribution < -0.4 is 0 Å². The molecule has 0 aromatic heterocycles. The Hall–Kier alpha value is -0.930. The summed E-state index contributed by atoms with van der Waals surface area (Å²) in [5.41, 5.74) is 0. The molecule has 0 aromatic rings. The van der Waals surface area contributed by atoms with Gasteiger partial charge in [0.25, 0.3) is 6.47 Å². The zero-order valence-electron chi connectivity index (χ0n) is 14.1. The van der Waals surface area contributed by atoms with Crippen LogP contribution in [-0.4, -0.2) is 117 Å². The van der Waals surface area contributed by atoms with Gasteiger partial charge in [-0.3, -0.25) is 4.79 Å². The lowest BCUT2D eigenvalue weighted by molar-refractivity contribution is -0.341. The predicted octanol–water partition coefficient (Wildman–Crippen LogP) is -4.58. The molecule has 0 spiro atoms. The largest absolute Gasteiger partial charge is 0.462 e. The first-order valence-electron chi connectivity index (χ1n) is 7.90. The molecule has 0 aromatic carbocycles. The van der Waals surface area contributed by atoms with Crippen molar-refractivity contribution in [2.24, 2.45) is 0 Å². The first-order valence-corrected chi connectivity index (χ1v) is 7.90. The van der Waals surface area contributed by atoms with E-state index >= 15 is 0 Å². The zero-order chi connectivity index (χ0) is 19.9. The number of rotatable bonds is 11. The Bertz CT molecular complexity index is 409. The minimum atomic E-state index is -1.79. The first-order chi connectivity index (χ1) is 12.3. The molecule has 0 saturated carbocycles. The summed E-state index contributed by atoms with van der Waals surface area (Å²) < 4.78 is 20.1. The second kappa shape index (κ2) is 11.0. The number of aliphatic hydroxyl groups excluding tert-OH is 7. The molecule has 7 N–H and O–H groups in total. The molecule has 26 heavy (non-hydrogen) atoms. The lowest BCUT2D eigenvalue weighted by Crippen LogP contribution is -2.61. The molecule has 9 atom stereocenters. The van der Waals surface area contributed by atoms with Crippen LogP contribution in [0.15, 0.2) is 0 Å². The van der Waals surface area contributed by atoms with Crippen molar-refractivity contribution in [2.75, 3.05) is 19.8 Å². The maximum atomic E-state index is 10.4. The topological polar surface area (TPSA) is 196 Å². The highest BCUT2D eigenvalue weighted by Gasteiger charge is 2.46. The summed E-state index contributed by atoms with van der Waals surface area (Å²) in [5.74, 6) is 0. The highest BCUT2D eigenvalue weighted by Crippen LogP contribution is 2.25. The van der Waals surface area contributed by atoms with Gasteiger partial charge in [-0.25, -0.2) is 0 Å². The van der Waals surface area contributed by atoms with Crippen molar-refractivity contribution in [3.05, 3.63) is 0 Å². The van der Waals surface area contributed by atoms with Gasteiger partial charge in [-0.1, -0.05) is 0 Å². The molecule has 0 bridgehead atoms. The van der Waals surface area contributed by atoms with Gasteiger partial charge >= 0.3 is 0 Å². The maximum absolute atomic E-state index is 10.4. The van der Waals surface area contributed by atoms with Crippen molar-refractivity contribution >= 4 is 6.47 Å². The standard InChI is InChI=1S/C14H26O12/c1-6(23-5-18)8(3-16)25-14(7(19)2-15)26-12-11(21)10(20)9(4-17)24-13(12)22/h5-17,19-22H,2-4H2,1H3/t6-,7-,8?,9?,10+,11?,12-,13?,14-/m0/s1. The van der Waals surface area contributed by atoms with E-state index in [-0.39, 0.29) is 6.47 Å². The van der Waals surface area contributed by atoms with Gasteiger partial charge in [0.2, 0.25) is 0 Å². The van der Waals surface area contributed by atoms with Gasteiger partial charge in [0.1, 0.15) is 42.7 Å². The van der Waals surface area contributed by atoms with Gasteiger partial charge in [-0.2, -0.15) is 0 Å². The van der Waals surface area contributed by atoms with Crippen LogP contribution in [0.5, 0.6) is 0 Å². The van der Waals surface area contributed by atoms with E-state index < -0.39 is 75.1 Å². The third-order valence-electron chi connectivity index (χ3n) is 3.92. The Morgan fingerprint density at radius 1 is 1.12 bits per heavy atom. The summed E-state index contributed by atoms with van der Waals surface area (Å²) >= 11 is 0. The first kappa shape index (κ1) is 23.1. The van der Waals surface area contributed by atoms with Crippen molar-refractivity contribution < 1.29 is 59.5 Å². The fourth-order valence-electron chi connectivity index (χ4n) is 2.32. The molecule has 1 heterocycles. The van der Waals surface area contributed by atoms with Crippen LogP contribution in [0.3, 0.4) is 0 Å². The Labute approximate surface area is 149 Å². The molecule has 0 radical (unpaired) electrons. The molecular weight excluding hydrogens is 360 g/mol. The third-order valence-corrected chi connectivity index (χ3v) is 3.92. The Balaban J connectivity index is 2.88. The summed E-state index contributed by atoms with van der Waals surface area (Å²) in [6.07, 6.45) is -13.5. The maximum Gasteiger partial charge on any atom is 0.293 e. The number of aliphatic hydroxyl groups is 7. The van der Waals surface area contributed by atoms with Crippen LogP contribution >= 0.6 is 0 Å². The third kappa shape index (κ3) is 5.79. The van der Waals surface area contributed by atoms with E-state index in [0.717, 1.165) is 0 Å². The van der Waals surface area contributed by atoms with Gasteiger partial charge in [0.15, 0.2) is 12.6 Å². The van der Waals surface area contributed by atoms with Crippen LogP contribution in [0.4, 0.5) is 0 Å². The minimum Gasteiger partial charge on any atom is -0.462 e. The van der Waals surface area contributed by atoms with Gasteiger partial charge in [0.05, 0.1) is 19.8 Å². The van der Waals surface area contributed by atoms with Crippen LogP contribution in [0.25, 0.3) is 0 Å². The van der Waals surface area contributed by atoms with Gasteiger partial charge in [0, 0.05) is 0 Å². The van der Waals surface area contributed by atoms with Gasteiger partial charge < -0.3 is 54.7 Å². The van der Waals surface area contributed by atoms with E-state index in [9.17, 15) is 30.3 Å². The summed E-state index contributed by atoms with van der Waals surface area (Å²) in [4.78, 5) is 10.4. The van der Waals surface area contributed by atoms with Crippen LogP contribution in [-0.2, 0) is 23.7 Å². The molecule has 0 aliphatic carbocycles. The molecule has 12 heteroatoms. The number of hydrogen-bond donors (Lipinski definition) is 7. The summed E-state index contributed by atoms with van der Waals surface area (Å²) in [7, 11) is 0. The predicted molar refractivity (Wildman–Crippen MR) is 80.3 cm³/mol. The van der Waals surface area contributed by atoms with Crippen molar-refractivity contribution in [3.8, 4) is 0 Å². The normalized spacial score (nSPS) is 33.9. The van der Waals surface area contributed by atoms with Crippen molar-refractivity contribution in [2.45, 2.75) is 62.2 Å². The smallest absolute Gasteiger partial charge is 0.293 e. The summed E-state index contributed by atoms with van der Waals surface area (Å²) in [6, 6.07) is 0. The molecule has 1 aliphatic rings. The van der Waals surface area contributed by atoms with Crippen LogP contribution in [0, 0.1) is 0 Å². The Morgan fingerprint density at radius 3 is 2.27 bits per heavy atom. The number of ether oxygens (including phenoxy) is 4. The molecule has 154 valence electrons. The minimum absolute atomic E-state index is 0.128. The number of carbonyl (C=O) groups excluding carboxylic acids is 1. The molecule has 0 amide bonds. The van der Waals surface area contributed by atoms with E-state index in [1.54, 1.807) is 0 Å². The molecule has 1 fully saturated rings. The number of carbonyl (C=O) groups is 1. The van der Waals surface area contributed by atoms with E-state index in [2.05, 4.69) is 4.74 Å². The average molecular weight is 386 g/mol. The lowest BCUT2D eigenvalue weighted by Gasteiger charge is -2.42. The van der Waals surface area contributed by atoms with Crippen LogP contribution in [0.1, 0.15) is 6.92 Å². The molecule has 12 nitrogen and oxygen atoms in total. The zero-order valence-corrected chi connectivity index (χ0v) is 14.1. The summed E-state index contributed by atoms with van der Waals surface area (Å²) in [5, 5.41) is 67.1. The van der Waals surface area contributed by atoms with E-state index in [1.165, 1.54) is 6.92 Å². The monoisotopic (exact) mass is 386 g/mol. The Morgan fingerprint density at radius 2 is 1.77 bits per heavy atom. The van der Waals surface area contributed by atoms with Crippen molar-refractivity contribution in [3.63, 3.8) is 0 Å². The SMILES string of the molecule is C[C@H](OC=O)C(CO)O[C@@H](O[C@@H]1C(O)OC(CO)[C@@H](O)C1O)[C@@H](O)CO.